The molecule has 2 aromatic heterocycles. The lowest BCUT2D eigenvalue weighted by Crippen LogP contribution is -2.19. The zero-order valence-corrected chi connectivity index (χ0v) is 12.7. The zero-order chi connectivity index (χ0) is 13.8. The van der Waals surface area contributed by atoms with Gasteiger partial charge in [0.25, 0.3) is 5.56 Å². The minimum Gasteiger partial charge on any atom is -0.370 e. The molecule has 0 radical (unpaired) electrons. The largest absolute Gasteiger partial charge is 0.370 e. The summed E-state index contributed by atoms with van der Waals surface area (Å²) >= 11 is 9.46. The molecule has 0 aliphatic rings. The molecule has 1 N–H and O–H groups in total. The molecule has 0 bridgehead atoms. The topological polar surface area (TPSA) is 46.9 Å². The molecule has 100 valence electrons. The Morgan fingerprint density at radius 2 is 2.16 bits per heavy atom. The summed E-state index contributed by atoms with van der Waals surface area (Å²) in [6, 6.07) is 6.82. The van der Waals surface area contributed by atoms with Gasteiger partial charge in [0.15, 0.2) is 0 Å². The molecule has 0 aliphatic carbocycles. The van der Waals surface area contributed by atoms with Gasteiger partial charge in [0, 0.05) is 23.3 Å². The molecule has 0 unspecified atom stereocenters. The number of pyridine rings is 2. The third kappa shape index (κ3) is 3.58. The van der Waals surface area contributed by atoms with Gasteiger partial charge in [0.1, 0.15) is 5.82 Å². The van der Waals surface area contributed by atoms with Crippen LogP contribution in [0.2, 0.25) is 5.02 Å². The second-order valence-corrected chi connectivity index (χ2v) is 5.29. The second kappa shape index (κ2) is 6.21. The number of hydrogen-bond donors (Lipinski definition) is 1. The Hall–Kier alpha value is -1.33. The van der Waals surface area contributed by atoms with Crippen molar-refractivity contribution in [1.82, 2.24) is 9.55 Å². The number of hydrogen-bond acceptors (Lipinski definition) is 3. The average Bonchev–Trinajstić information content (AvgIpc) is 2.38. The normalized spacial score (nSPS) is 10.5. The summed E-state index contributed by atoms with van der Waals surface area (Å²) in [4.78, 5) is 16.2. The van der Waals surface area contributed by atoms with E-state index in [0.29, 0.717) is 17.3 Å². The molecule has 0 aliphatic heterocycles. The number of halogens is 2. The molecule has 2 rings (SSSR count). The highest BCUT2D eigenvalue weighted by atomic mass is 79.9. The lowest BCUT2D eigenvalue weighted by molar-refractivity contribution is 0.737. The summed E-state index contributed by atoms with van der Waals surface area (Å²) < 4.78 is 2.40. The lowest BCUT2D eigenvalue weighted by atomic mass is 10.3. The highest BCUT2D eigenvalue weighted by Crippen LogP contribution is 2.17. The quantitative estimate of drug-likeness (QED) is 0.928. The number of aromatic nitrogens is 2. The Balaban J connectivity index is 2.34. The number of nitrogens with zero attached hydrogens (tertiary/aromatic N) is 2. The first-order valence-corrected chi connectivity index (χ1v) is 7.02. The standard InChI is InChI=1S/C13H13BrClN3O/c1-2-16-12-5-4-10(15)11(17-12)8-18-7-9(14)3-6-13(18)19/h3-7H,2,8H2,1H3,(H,16,17). The Morgan fingerprint density at radius 1 is 1.37 bits per heavy atom. The Bertz CT molecular complexity index is 642. The van der Waals surface area contributed by atoms with Crippen LogP contribution in [-0.2, 0) is 6.54 Å². The summed E-state index contributed by atoms with van der Waals surface area (Å²) in [5.74, 6) is 0.755. The van der Waals surface area contributed by atoms with Gasteiger partial charge in [-0.3, -0.25) is 4.79 Å². The van der Waals surface area contributed by atoms with Crippen molar-refractivity contribution in [1.29, 1.82) is 0 Å². The minimum atomic E-state index is -0.0880. The van der Waals surface area contributed by atoms with E-state index in [2.05, 4.69) is 26.2 Å². The van der Waals surface area contributed by atoms with E-state index in [4.69, 9.17) is 11.6 Å². The van der Waals surface area contributed by atoms with E-state index in [-0.39, 0.29) is 5.56 Å². The maximum Gasteiger partial charge on any atom is 0.250 e. The molecule has 0 saturated heterocycles. The van der Waals surface area contributed by atoms with Crippen molar-refractivity contribution in [2.45, 2.75) is 13.5 Å². The van der Waals surface area contributed by atoms with Crippen molar-refractivity contribution < 1.29 is 0 Å². The van der Waals surface area contributed by atoms with E-state index >= 15 is 0 Å². The van der Waals surface area contributed by atoms with Gasteiger partial charge in [0.2, 0.25) is 0 Å². The molecular weight excluding hydrogens is 330 g/mol. The molecule has 0 spiro atoms. The van der Waals surface area contributed by atoms with Crippen LogP contribution >= 0.6 is 27.5 Å². The van der Waals surface area contributed by atoms with Crippen LogP contribution in [0.5, 0.6) is 0 Å². The molecule has 0 amide bonds. The molecule has 0 fully saturated rings. The summed E-state index contributed by atoms with van der Waals surface area (Å²) in [6.45, 7) is 3.12. The predicted molar refractivity (Wildman–Crippen MR) is 80.9 cm³/mol. The zero-order valence-electron chi connectivity index (χ0n) is 10.4. The maximum atomic E-state index is 11.8. The molecule has 4 nitrogen and oxygen atoms in total. The van der Waals surface area contributed by atoms with Crippen molar-refractivity contribution in [3.8, 4) is 0 Å². The van der Waals surface area contributed by atoms with Crippen LogP contribution in [0.1, 0.15) is 12.6 Å². The van der Waals surface area contributed by atoms with Gasteiger partial charge < -0.3 is 9.88 Å². The summed E-state index contributed by atoms with van der Waals surface area (Å²) in [7, 11) is 0. The summed E-state index contributed by atoms with van der Waals surface area (Å²) in [6.07, 6.45) is 1.72. The third-order valence-corrected chi connectivity index (χ3v) is 3.36. The van der Waals surface area contributed by atoms with Crippen molar-refractivity contribution in [3.63, 3.8) is 0 Å². The molecule has 2 aromatic rings. The van der Waals surface area contributed by atoms with E-state index in [0.717, 1.165) is 16.8 Å². The molecule has 0 aromatic carbocycles. The molecule has 19 heavy (non-hydrogen) atoms. The third-order valence-electron chi connectivity index (χ3n) is 2.54. The Morgan fingerprint density at radius 3 is 2.89 bits per heavy atom. The predicted octanol–water partition coefficient (Wildman–Crippen LogP) is 3.14. The van der Waals surface area contributed by atoms with Crippen LogP contribution in [-0.4, -0.2) is 16.1 Å². The fourth-order valence-electron chi connectivity index (χ4n) is 1.66. The Labute approximate surface area is 124 Å². The van der Waals surface area contributed by atoms with Crippen LogP contribution in [0.15, 0.2) is 39.7 Å². The van der Waals surface area contributed by atoms with Gasteiger partial charge in [-0.15, -0.1) is 0 Å². The lowest BCUT2D eigenvalue weighted by Gasteiger charge is -2.09. The van der Waals surface area contributed by atoms with Crippen LogP contribution in [0, 0.1) is 0 Å². The van der Waals surface area contributed by atoms with Gasteiger partial charge in [-0.05, 0) is 41.1 Å². The molecule has 6 heteroatoms. The van der Waals surface area contributed by atoms with Crippen molar-refractivity contribution >= 4 is 33.3 Å². The first-order chi connectivity index (χ1) is 9.10. The van der Waals surface area contributed by atoms with E-state index in [1.54, 1.807) is 22.9 Å². The fourth-order valence-corrected chi connectivity index (χ4v) is 2.21. The first-order valence-electron chi connectivity index (χ1n) is 5.85. The van der Waals surface area contributed by atoms with Crippen LogP contribution in [0.25, 0.3) is 0 Å². The van der Waals surface area contributed by atoms with E-state index in [1.165, 1.54) is 6.07 Å². The van der Waals surface area contributed by atoms with Gasteiger partial charge >= 0.3 is 0 Å². The van der Waals surface area contributed by atoms with Gasteiger partial charge in [0.05, 0.1) is 17.3 Å². The Kier molecular flexibility index (Phi) is 4.61. The fraction of sp³-hybridized carbons (Fsp3) is 0.231. The van der Waals surface area contributed by atoms with Crippen LogP contribution in [0.3, 0.4) is 0 Å². The van der Waals surface area contributed by atoms with Crippen LogP contribution < -0.4 is 10.9 Å². The second-order valence-electron chi connectivity index (χ2n) is 3.97. The highest BCUT2D eigenvalue weighted by molar-refractivity contribution is 9.10. The number of nitrogens with one attached hydrogen (secondary N) is 1. The monoisotopic (exact) mass is 341 g/mol. The SMILES string of the molecule is CCNc1ccc(Cl)c(Cn2cc(Br)ccc2=O)n1. The van der Waals surface area contributed by atoms with Gasteiger partial charge in [-0.1, -0.05) is 11.6 Å². The minimum absolute atomic E-state index is 0.0880. The molecule has 0 saturated carbocycles. The van der Waals surface area contributed by atoms with Crippen LogP contribution in [0.4, 0.5) is 5.82 Å². The van der Waals surface area contributed by atoms with Gasteiger partial charge in [-0.25, -0.2) is 4.98 Å². The summed E-state index contributed by atoms with van der Waals surface area (Å²) in [5.41, 5.74) is 0.579. The molecular formula is C13H13BrClN3O. The first kappa shape index (κ1) is 14.1. The molecule has 0 atom stereocenters. The smallest absolute Gasteiger partial charge is 0.250 e. The van der Waals surface area contributed by atoms with Crippen molar-refractivity contribution in [2.75, 3.05) is 11.9 Å². The number of rotatable bonds is 4. The average molecular weight is 343 g/mol. The number of anilines is 1. The van der Waals surface area contributed by atoms with E-state index in [9.17, 15) is 4.79 Å². The molecule has 2 heterocycles. The summed E-state index contributed by atoms with van der Waals surface area (Å²) in [5, 5.41) is 3.67. The van der Waals surface area contributed by atoms with Crippen molar-refractivity contribution in [3.05, 3.63) is 56.0 Å². The van der Waals surface area contributed by atoms with Gasteiger partial charge in [-0.2, -0.15) is 0 Å². The maximum absolute atomic E-state index is 11.8. The van der Waals surface area contributed by atoms with E-state index < -0.39 is 0 Å². The van der Waals surface area contributed by atoms with Crippen molar-refractivity contribution in [2.24, 2.45) is 0 Å². The highest BCUT2D eigenvalue weighted by Gasteiger charge is 2.06. The van der Waals surface area contributed by atoms with E-state index in [1.807, 2.05) is 13.0 Å².